The fourth-order valence-electron chi connectivity index (χ4n) is 2.00. The Morgan fingerprint density at radius 3 is 2.62 bits per heavy atom. The van der Waals surface area contributed by atoms with Crippen LogP contribution in [0.15, 0.2) is 37.4 Å². The monoisotopic (exact) mass is 174 g/mol. The van der Waals surface area contributed by atoms with Crippen LogP contribution in [0.4, 0.5) is 0 Å². The number of aryl methyl sites for hydroxylation is 1. The maximum absolute atomic E-state index is 3.00. The van der Waals surface area contributed by atoms with Crippen LogP contribution in [0.1, 0.15) is 36.8 Å². The third kappa shape index (κ3) is 2.21. The SMILES string of the molecule is C=C.CC1CCCc2ccccc21. The molecular formula is C13H18. The van der Waals surface area contributed by atoms with Crippen molar-refractivity contribution >= 4 is 0 Å². The molecule has 1 aromatic rings. The third-order valence-corrected chi connectivity index (χ3v) is 2.67. The van der Waals surface area contributed by atoms with Crippen LogP contribution in [0.5, 0.6) is 0 Å². The minimum absolute atomic E-state index is 0.792. The molecule has 1 unspecified atom stereocenters. The van der Waals surface area contributed by atoms with Gasteiger partial charge < -0.3 is 0 Å². The van der Waals surface area contributed by atoms with Crippen LogP contribution < -0.4 is 0 Å². The first kappa shape index (κ1) is 10.0. The molecule has 13 heavy (non-hydrogen) atoms. The van der Waals surface area contributed by atoms with E-state index in [0.717, 1.165) is 5.92 Å². The van der Waals surface area contributed by atoms with Gasteiger partial charge >= 0.3 is 0 Å². The van der Waals surface area contributed by atoms with Gasteiger partial charge in [-0.1, -0.05) is 31.2 Å². The lowest BCUT2D eigenvalue weighted by atomic mass is 9.84. The van der Waals surface area contributed by atoms with E-state index < -0.39 is 0 Å². The molecule has 70 valence electrons. The lowest BCUT2D eigenvalue weighted by Gasteiger charge is -2.21. The molecule has 1 atom stereocenters. The van der Waals surface area contributed by atoms with Gasteiger partial charge in [0.05, 0.1) is 0 Å². The maximum Gasteiger partial charge on any atom is -0.0188 e. The fourth-order valence-corrected chi connectivity index (χ4v) is 2.00. The number of hydrogen-bond acceptors (Lipinski definition) is 0. The molecule has 0 saturated heterocycles. The summed E-state index contributed by atoms with van der Waals surface area (Å²) < 4.78 is 0. The van der Waals surface area contributed by atoms with Crippen molar-refractivity contribution in [3.05, 3.63) is 48.6 Å². The van der Waals surface area contributed by atoms with Gasteiger partial charge in [-0.2, -0.15) is 0 Å². The summed E-state index contributed by atoms with van der Waals surface area (Å²) in [6.07, 6.45) is 4.04. The van der Waals surface area contributed by atoms with Gasteiger partial charge in [-0.25, -0.2) is 0 Å². The summed E-state index contributed by atoms with van der Waals surface area (Å²) in [5.41, 5.74) is 3.16. The molecule has 1 aliphatic carbocycles. The normalized spacial score (nSPS) is 19.6. The van der Waals surface area contributed by atoms with Gasteiger partial charge in [-0.05, 0) is 36.3 Å². The summed E-state index contributed by atoms with van der Waals surface area (Å²) in [6.45, 7) is 8.33. The van der Waals surface area contributed by atoms with E-state index in [0.29, 0.717) is 0 Å². The summed E-state index contributed by atoms with van der Waals surface area (Å²) >= 11 is 0. The van der Waals surface area contributed by atoms with Gasteiger partial charge in [-0.15, -0.1) is 13.2 Å². The van der Waals surface area contributed by atoms with Crippen LogP contribution in [0, 0.1) is 0 Å². The smallest absolute Gasteiger partial charge is 0.0188 e. The quantitative estimate of drug-likeness (QED) is 0.523. The predicted molar refractivity (Wildman–Crippen MR) is 59.0 cm³/mol. The van der Waals surface area contributed by atoms with Crippen LogP contribution in [0.2, 0.25) is 0 Å². The Bertz CT molecular complexity index is 262. The molecule has 0 spiro atoms. The van der Waals surface area contributed by atoms with Gasteiger partial charge in [0.1, 0.15) is 0 Å². The first-order chi connectivity index (χ1) is 6.38. The van der Waals surface area contributed by atoms with E-state index in [9.17, 15) is 0 Å². The molecule has 0 aliphatic heterocycles. The second-order valence-electron chi connectivity index (χ2n) is 3.49. The standard InChI is InChI=1S/C11H14.C2H4/c1-9-5-4-7-10-6-2-3-8-11(9)10;1-2/h2-3,6,8-9H,4-5,7H2,1H3;1-2H2. The highest BCUT2D eigenvalue weighted by Crippen LogP contribution is 2.30. The van der Waals surface area contributed by atoms with Gasteiger partial charge in [0.15, 0.2) is 0 Å². The second-order valence-corrected chi connectivity index (χ2v) is 3.49. The Morgan fingerprint density at radius 1 is 1.23 bits per heavy atom. The van der Waals surface area contributed by atoms with Crippen molar-refractivity contribution in [3.63, 3.8) is 0 Å². The van der Waals surface area contributed by atoms with E-state index in [1.807, 2.05) is 0 Å². The lowest BCUT2D eigenvalue weighted by Crippen LogP contribution is -2.05. The predicted octanol–water partition coefficient (Wildman–Crippen LogP) is 3.93. The first-order valence-electron chi connectivity index (χ1n) is 4.96. The van der Waals surface area contributed by atoms with Crippen LogP contribution in [0.3, 0.4) is 0 Å². The topological polar surface area (TPSA) is 0 Å². The molecule has 0 nitrogen and oxygen atoms in total. The average molecular weight is 174 g/mol. The molecule has 1 aromatic carbocycles. The number of hydrogen-bond donors (Lipinski definition) is 0. The molecule has 0 aromatic heterocycles. The highest BCUT2D eigenvalue weighted by atomic mass is 14.2. The zero-order chi connectivity index (χ0) is 9.68. The molecule has 0 bridgehead atoms. The van der Waals surface area contributed by atoms with Gasteiger partial charge in [0.25, 0.3) is 0 Å². The molecule has 0 fully saturated rings. The summed E-state index contributed by atoms with van der Waals surface area (Å²) in [5, 5.41) is 0. The van der Waals surface area contributed by atoms with Crippen molar-refractivity contribution in [2.45, 2.75) is 32.1 Å². The second kappa shape index (κ2) is 4.86. The number of benzene rings is 1. The number of rotatable bonds is 0. The van der Waals surface area contributed by atoms with Crippen LogP contribution in [-0.2, 0) is 6.42 Å². The third-order valence-electron chi connectivity index (χ3n) is 2.67. The molecule has 2 rings (SSSR count). The Morgan fingerprint density at radius 2 is 1.92 bits per heavy atom. The van der Waals surface area contributed by atoms with Crippen molar-refractivity contribution in [1.29, 1.82) is 0 Å². The van der Waals surface area contributed by atoms with Gasteiger partial charge in [0.2, 0.25) is 0 Å². The highest BCUT2D eigenvalue weighted by molar-refractivity contribution is 5.31. The van der Waals surface area contributed by atoms with E-state index in [2.05, 4.69) is 44.3 Å². The van der Waals surface area contributed by atoms with Crippen LogP contribution >= 0.6 is 0 Å². The fraction of sp³-hybridized carbons (Fsp3) is 0.385. The minimum Gasteiger partial charge on any atom is -0.106 e. The van der Waals surface area contributed by atoms with E-state index in [4.69, 9.17) is 0 Å². The van der Waals surface area contributed by atoms with Gasteiger partial charge in [-0.3, -0.25) is 0 Å². The largest absolute Gasteiger partial charge is 0.106 e. The van der Waals surface area contributed by atoms with Crippen molar-refractivity contribution in [3.8, 4) is 0 Å². The minimum atomic E-state index is 0.792. The molecular weight excluding hydrogens is 156 g/mol. The maximum atomic E-state index is 3.00. The number of fused-ring (bicyclic) bond motifs is 1. The van der Waals surface area contributed by atoms with E-state index >= 15 is 0 Å². The van der Waals surface area contributed by atoms with Crippen molar-refractivity contribution in [2.24, 2.45) is 0 Å². The first-order valence-corrected chi connectivity index (χ1v) is 4.96. The van der Waals surface area contributed by atoms with E-state index in [1.54, 1.807) is 11.1 Å². The Labute approximate surface area is 81.3 Å². The summed E-state index contributed by atoms with van der Waals surface area (Å²) in [7, 11) is 0. The molecule has 0 heterocycles. The zero-order valence-corrected chi connectivity index (χ0v) is 8.42. The Kier molecular flexibility index (Phi) is 3.75. The Balaban J connectivity index is 0.000000396. The van der Waals surface area contributed by atoms with Crippen LogP contribution in [-0.4, -0.2) is 0 Å². The Hall–Kier alpha value is -1.04. The molecule has 0 amide bonds. The molecule has 0 N–H and O–H groups in total. The van der Waals surface area contributed by atoms with Crippen molar-refractivity contribution < 1.29 is 0 Å². The zero-order valence-electron chi connectivity index (χ0n) is 8.42. The summed E-state index contributed by atoms with van der Waals surface area (Å²) in [5.74, 6) is 0.792. The molecule has 1 aliphatic rings. The van der Waals surface area contributed by atoms with Crippen LogP contribution in [0.25, 0.3) is 0 Å². The van der Waals surface area contributed by atoms with Crippen molar-refractivity contribution in [2.75, 3.05) is 0 Å². The summed E-state index contributed by atoms with van der Waals surface area (Å²) in [4.78, 5) is 0. The van der Waals surface area contributed by atoms with E-state index in [1.165, 1.54) is 19.3 Å². The molecule has 0 radical (unpaired) electrons. The highest BCUT2D eigenvalue weighted by Gasteiger charge is 2.14. The summed E-state index contributed by atoms with van der Waals surface area (Å²) in [6, 6.07) is 8.85. The molecule has 0 saturated carbocycles. The van der Waals surface area contributed by atoms with Gasteiger partial charge in [0, 0.05) is 0 Å². The van der Waals surface area contributed by atoms with E-state index in [-0.39, 0.29) is 0 Å². The van der Waals surface area contributed by atoms with Crippen molar-refractivity contribution in [1.82, 2.24) is 0 Å². The molecule has 0 heteroatoms. The average Bonchev–Trinajstić information content (AvgIpc) is 2.22. The lowest BCUT2D eigenvalue weighted by molar-refractivity contribution is 0.590.